The summed E-state index contributed by atoms with van der Waals surface area (Å²) in [5.41, 5.74) is 14.6. The van der Waals surface area contributed by atoms with Crippen molar-refractivity contribution in [2.24, 2.45) is 17.4 Å². The average molecular weight is 269 g/mol. The van der Waals surface area contributed by atoms with Gasteiger partial charge in [0.15, 0.2) is 0 Å². The number of hydrogen-bond donors (Lipinski definition) is 2. The summed E-state index contributed by atoms with van der Waals surface area (Å²) in [6.07, 6.45) is 2.13. The molecule has 0 aliphatic heterocycles. The molecular weight excluding hydrogens is 252 g/mol. The lowest BCUT2D eigenvalue weighted by molar-refractivity contribution is 0.223. The van der Waals surface area contributed by atoms with Crippen molar-refractivity contribution in [2.75, 3.05) is 0 Å². The van der Waals surface area contributed by atoms with Crippen LogP contribution in [0, 0.1) is 12.8 Å². The van der Waals surface area contributed by atoms with Gasteiger partial charge in [0.2, 0.25) is 0 Å². The lowest BCUT2D eigenvalue weighted by Gasteiger charge is -2.37. The molecule has 1 aromatic carbocycles. The van der Waals surface area contributed by atoms with E-state index < -0.39 is 0 Å². The molecule has 1 saturated carbocycles. The van der Waals surface area contributed by atoms with Crippen molar-refractivity contribution in [3.8, 4) is 0 Å². The summed E-state index contributed by atoms with van der Waals surface area (Å²) < 4.78 is 1.10. The fourth-order valence-corrected chi connectivity index (χ4v) is 2.61. The number of rotatable bonds is 2. The second-order valence-corrected chi connectivity index (χ2v) is 5.43. The molecule has 1 aromatic rings. The van der Waals surface area contributed by atoms with E-state index in [1.165, 1.54) is 11.1 Å². The number of benzene rings is 1. The van der Waals surface area contributed by atoms with Crippen LogP contribution < -0.4 is 11.5 Å². The van der Waals surface area contributed by atoms with E-state index >= 15 is 0 Å². The Hall–Kier alpha value is -0.380. The number of nitrogens with two attached hydrogens (primary N) is 2. The average Bonchev–Trinajstić information content (AvgIpc) is 2.16. The Morgan fingerprint density at radius 1 is 1.40 bits per heavy atom. The first kappa shape index (κ1) is 11.1. The van der Waals surface area contributed by atoms with Crippen LogP contribution in [0.1, 0.15) is 30.0 Å². The summed E-state index contributed by atoms with van der Waals surface area (Å²) >= 11 is 3.49. The van der Waals surface area contributed by atoms with Gasteiger partial charge in [-0.05, 0) is 48.9 Å². The van der Waals surface area contributed by atoms with Gasteiger partial charge in [-0.2, -0.15) is 0 Å². The molecule has 0 heterocycles. The van der Waals surface area contributed by atoms with E-state index in [4.69, 9.17) is 11.5 Å². The largest absolute Gasteiger partial charge is 0.328 e. The number of aryl methyl sites for hydroxylation is 1. The zero-order valence-electron chi connectivity index (χ0n) is 8.91. The third-order valence-electron chi connectivity index (χ3n) is 3.32. The van der Waals surface area contributed by atoms with Crippen LogP contribution in [0.25, 0.3) is 0 Å². The quantitative estimate of drug-likeness (QED) is 0.866. The summed E-state index contributed by atoms with van der Waals surface area (Å²) in [4.78, 5) is 0. The Balaban J connectivity index is 2.17. The van der Waals surface area contributed by atoms with Crippen molar-refractivity contribution in [3.05, 3.63) is 33.8 Å². The highest BCUT2D eigenvalue weighted by Crippen LogP contribution is 2.37. The van der Waals surface area contributed by atoms with Gasteiger partial charge in [0.25, 0.3) is 0 Å². The van der Waals surface area contributed by atoms with Crippen molar-refractivity contribution in [1.29, 1.82) is 0 Å². The molecule has 1 unspecified atom stereocenters. The highest BCUT2D eigenvalue weighted by molar-refractivity contribution is 9.10. The predicted molar refractivity (Wildman–Crippen MR) is 66.5 cm³/mol. The molecule has 1 fully saturated rings. The van der Waals surface area contributed by atoms with Gasteiger partial charge in [0.1, 0.15) is 0 Å². The van der Waals surface area contributed by atoms with Gasteiger partial charge in [-0.3, -0.25) is 0 Å². The molecule has 0 radical (unpaired) electrons. The Morgan fingerprint density at radius 3 is 2.67 bits per heavy atom. The van der Waals surface area contributed by atoms with E-state index in [1.807, 2.05) is 0 Å². The van der Waals surface area contributed by atoms with Crippen LogP contribution in [0.15, 0.2) is 22.7 Å². The minimum absolute atomic E-state index is 0.141. The second kappa shape index (κ2) is 4.24. The lowest BCUT2D eigenvalue weighted by atomic mass is 9.74. The third-order valence-corrected chi connectivity index (χ3v) is 3.81. The normalized spacial score (nSPS) is 27.2. The highest BCUT2D eigenvalue weighted by Gasteiger charge is 2.32. The summed E-state index contributed by atoms with van der Waals surface area (Å²) in [6, 6.07) is 6.80. The maximum atomic E-state index is 6.26. The third kappa shape index (κ3) is 2.25. The van der Waals surface area contributed by atoms with Crippen molar-refractivity contribution in [1.82, 2.24) is 0 Å². The Kier molecular flexibility index (Phi) is 3.14. The first-order valence-electron chi connectivity index (χ1n) is 5.35. The number of hydrogen-bond acceptors (Lipinski definition) is 2. The number of halogens is 1. The minimum Gasteiger partial charge on any atom is -0.328 e. The fraction of sp³-hybridized carbons (Fsp3) is 0.500. The molecule has 1 aliphatic carbocycles. The molecule has 0 amide bonds. The van der Waals surface area contributed by atoms with Crippen molar-refractivity contribution in [2.45, 2.75) is 31.8 Å². The van der Waals surface area contributed by atoms with Crippen molar-refractivity contribution in [3.63, 3.8) is 0 Å². The van der Waals surface area contributed by atoms with Gasteiger partial charge in [0, 0.05) is 16.6 Å². The van der Waals surface area contributed by atoms with Crippen LogP contribution in [0.4, 0.5) is 0 Å². The van der Waals surface area contributed by atoms with E-state index in [2.05, 4.69) is 41.1 Å². The maximum Gasteiger partial charge on any atom is 0.0327 e. The Bertz CT molecular complexity index is 359. The van der Waals surface area contributed by atoms with E-state index in [0.29, 0.717) is 12.0 Å². The smallest absolute Gasteiger partial charge is 0.0327 e. The zero-order valence-corrected chi connectivity index (χ0v) is 10.5. The van der Waals surface area contributed by atoms with Crippen LogP contribution in [-0.2, 0) is 0 Å². The fourth-order valence-electron chi connectivity index (χ4n) is 2.23. The highest BCUT2D eigenvalue weighted by atomic mass is 79.9. The molecule has 1 aliphatic rings. The maximum absolute atomic E-state index is 6.26. The summed E-state index contributed by atoms with van der Waals surface area (Å²) in [5.74, 6) is 0.563. The Morgan fingerprint density at radius 2 is 2.07 bits per heavy atom. The molecule has 2 nitrogen and oxygen atoms in total. The van der Waals surface area contributed by atoms with Gasteiger partial charge < -0.3 is 11.5 Å². The van der Waals surface area contributed by atoms with Gasteiger partial charge in [-0.1, -0.05) is 22.0 Å². The van der Waals surface area contributed by atoms with Crippen LogP contribution in [0.5, 0.6) is 0 Å². The summed E-state index contributed by atoms with van der Waals surface area (Å²) in [7, 11) is 0. The summed E-state index contributed by atoms with van der Waals surface area (Å²) in [5, 5.41) is 0. The SMILES string of the molecule is Cc1ccc(Br)cc1C(N)C1CC(N)C1. The molecule has 82 valence electrons. The molecule has 0 bridgehead atoms. The van der Waals surface area contributed by atoms with Crippen LogP contribution in [-0.4, -0.2) is 6.04 Å². The second-order valence-electron chi connectivity index (χ2n) is 4.52. The molecule has 0 spiro atoms. The predicted octanol–water partition coefficient (Wildman–Crippen LogP) is 2.49. The standard InChI is InChI=1S/C12H17BrN2/c1-7-2-3-9(13)6-11(7)12(15)8-4-10(14)5-8/h2-3,6,8,10,12H,4-5,14-15H2,1H3. The molecule has 4 N–H and O–H groups in total. The van der Waals surface area contributed by atoms with Gasteiger partial charge >= 0.3 is 0 Å². The molecule has 0 aromatic heterocycles. The molecular formula is C12H17BrN2. The van der Waals surface area contributed by atoms with E-state index in [0.717, 1.165) is 17.3 Å². The van der Waals surface area contributed by atoms with Crippen LogP contribution in [0.3, 0.4) is 0 Å². The van der Waals surface area contributed by atoms with E-state index in [9.17, 15) is 0 Å². The first-order chi connectivity index (χ1) is 7.08. The summed E-state index contributed by atoms with van der Waals surface area (Å²) in [6.45, 7) is 2.11. The van der Waals surface area contributed by atoms with E-state index in [-0.39, 0.29) is 6.04 Å². The molecule has 0 saturated heterocycles. The lowest BCUT2D eigenvalue weighted by Crippen LogP contribution is -2.41. The monoisotopic (exact) mass is 268 g/mol. The van der Waals surface area contributed by atoms with Gasteiger partial charge in [-0.15, -0.1) is 0 Å². The molecule has 15 heavy (non-hydrogen) atoms. The van der Waals surface area contributed by atoms with Crippen LogP contribution in [0.2, 0.25) is 0 Å². The Labute approximate surface area is 99.2 Å². The molecule has 3 heteroatoms. The minimum atomic E-state index is 0.141. The van der Waals surface area contributed by atoms with Crippen LogP contribution >= 0.6 is 15.9 Å². The van der Waals surface area contributed by atoms with Crippen molar-refractivity contribution >= 4 is 15.9 Å². The van der Waals surface area contributed by atoms with Crippen molar-refractivity contribution < 1.29 is 0 Å². The zero-order chi connectivity index (χ0) is 11.0. The molecule has 1 atom stereocenters. The topological polar surface area (TPSA) is 52.0 Å². The first-order valence-corrected chi connectivity index (χ1v) is 6.14. The van der Waals surface area contributed by atoms with Gasteiger partial charge in [-0.25, -0.2) is 0 Å². The molecule has 2 rings (SSSR count). The van der Waals surface area contributed by atoms with E-state index in [1.54, 1.807) is 0 Å². The van der Waals surface area contributed by atoms with Gasteiger partial charge in [0.05, 0.1) is 0 Å².